The first-order valence-corrected chi connectivity index (χ1v) is 23.8. The molecule has 0 amide bonds. The largest absolute Gasteiger partial charge is 0.310 e. The Hall–Kier alpha value is -8.93. The summed E-state index contributed by atoms with van der Waals surface area (Å²) in [5, 5.41) is 2.33. The molecule has 69 heavy (non-hydrogen) atoms. The van der Waals surface area contributed by atoms with Crippen LogP contribution in [0.25, 0.3) is 94.4 Å². The number of aromatic nitrogens is 4. The zero-order chi connectivity index (χ0) is 45.8. The van der Waals surface area contributed by atoms with Crippen LogP contribution in [-0.4, -0.2) is 18.5 Å². The van der Waals surface area contributed by atoms with Crippen molar-refractivity contribution in [1.29, 1.82) is 0 Å². The van der Waals surface area contributed by atoms with E-state index in [1.54, 1.807) is 0 Å². The van der Waals surface area contributed by atoms with Crippen molar-refractivity contribution in [3.05, 3.63) is 248 Å². The van der Waals surface area contributed by atoms with Gasteiger partial charge in [-0.05, 0) is 142 Å². The molecule has 3 heterocycles. The van der Waals surface area contributed by atoms with Crippen molar-refractivity contribution in [2.45, 2.75) is 19.3 Å². The lowest BCUT2D eigenvalue weighted by Crippen LogP contribution is -2.16. The maximum absolute atomic E-state index is 5.32. The Morgan fingerprint density at radius 2 is 0.928 bits per heavy atom. The lowest BCUT2D eigenvalue weighted by atomic mass is 9.82. The molecule has 0 N–H and O–H groups in total. The molecule has 0 atom stereocenters. The third-order valence-electron chi connectivity index (χ3n) is 14.6. The van der Waals surface area contributed by atoms with Gasteiger partial charge in [0, 0.05) is 44.6 Å². The summed E-state index contributed by atoms with van der Waals surface area (Å²) in [6.45, 7) is 4.72. The first kappa shape index (κ1) is 39.3. The van der Waals surface area contributed by atoms with Gasteiger partial charge in [-0.2, -0.15) is 0 Å². The Kier molecular flexibility index (Phi) is 8.56. The van der Waals surface area contributed by atoms with E-state index in [1.807, 2.05) is 0 Å². The molecule has 0 spiro atoms. The molecule has 5 heteroatoms. The van der Waals surface area contributed by atoms with Crippen molar-refractivity contribution in [3.8, 4) is 44.8 Å². The van der Waals surface area contributed by atoms with Crippen LogP contribution in [0.2, 0.25) is 0 Å². The molecule has 0 aliphatic heterocycles. The van der Waals surface area contributed by atoms with E-state index in [2.05, 4.69) is 269 Å². The molecule has 0 bridgehead atoms. The highest BCUT2D eigenvalue weighted by Crippen LogP contribution is 2.51. The average Bonchev–Trinajstić information content (AvgIpc) is 4.11. The Morgan fingerprint density at radius 3 is 1.71 bits per heavy atom. The van der Waals surface area contributed by atoms with E-state index in [0.29, 0.717) is 0 Å². The minimum absolute atomic E-state index is 0.147. The summed E-state index contributed by atoms with van der Waals surface area (Å²) < 4.78 is 7.07. The fourth-order valence-corrected chi connectivity index (χ4v) is 11.3. The number of para-hydroxylation sites is 3. The van der Waals surface area contributed by atoms with Crippen LogP contribution in [0, 0.1) is 0 Å². The zero-order valence-corrected chi connectivity index (χ0v) is 38.3. The normalized spacial score (nSPS) is 12.9. The summed E-state index contributed by atoms with van der Waals surface area (Å²) in [6, 6.07) is 86.2. The lowest BCUT2D eigenvalue weighted by molar-refractivity contribution is 0.660. The third-order valence-corrected chi connectivity index (χ3v) is 14.6. The van der Waals surface area contributed by atoms with E-state index in [1.165, 1.54) is 49.9 Å². The van der Waals surface area contributed by atoms with Crippen LogP contribution in [-0.2, 0) is 5.41 Å². The Labute approximate surface area is 400 Å². The first-order valence-electron chi connectivity index (χ1n) is 23.8. The van der Waals surface area contributed by atoms with E-state index in [9.17, 15) is 0 Å². The number of imidazole rings is 2. The van der Waals surface area contributed by atoms with Crippen LogP contribution in [0.4, 0.5) is 17.1 Å². The quantitative estimate of drug-likeness (QED) is 0.160. The molecule has 10 aromatic carbocycles. The monoisotopic (exact) mass is 883 g/mol. The predicted octanol–water partition coefficient (Wildman–Crippen LogP) is 16.6. The number of fused-ring (bicyclic) bond motifs is 11. The number of hydrogen-bond acceptors (Lipinski definition) is 2. The van der Waals surface area contributed by atoms with Crippen LogP contribution in [0.15, 0.2) is 237 Å². The van der Waals surface area contributed by atoms with Gasteiger partial charge in [0.05, 0.1) is 33.1 Å². The van der Waals surface area contributed by atoms with Gasteiger partial charge >= 0.3 is 0 Å². The summed E-state index contributed by atoms with van der Waals surface area (Å²) >= 11 is 0. The molecule has 1 aliphatic rings. The van der Waals surface area contributed by atoms with Gasteiger partial charge in [-0.15, -0.1) is 0 Å². The van der Waals surface area contributed by atoms with Gasteiger partial charge in [0.1, 0.15) is 0 Å². The van der Waals surface area contributed by atoms with E-state index in [0.717, 1.165) is 72.7 Å². The summed E-state index contributed by atoms with van der Waals surface area (Å²) in [5.74, 6) is 0.884. The Bertz CT molecular complexity index is 4140. The van der Waals surface area contributed by atoms with Gasteiger partial charge in [-0.3, -0.25) is 8.97 Å². The average molecular weight is 884 g/mol. The molecule has 13 aromatic rings. The summed E-state index contributed by atoms with van der Waals surface area (Å²) in [7, 11) is 0. The van der Waals surface area contributed by atoms with E-state index >= 15 is 0 Å². The molecule has 0 fully saturated rings. The molecule has 3 aromatic heterocycles. The standard InChI is InChI=1S/C64H45N5/c1-64(2)55-23-13-12-22-51(55)52-34-31-50(41-56(52)64)66(47-29-26-44(27-30-47)42-16-6-3-7-17-42)48-32-36-58-53(39-48)54-40-49(33-37-59(54)67(58)46-20-10-5-11-21-46)68-61-35-28-45(43-18-8-4-9-19-43)38-62(61)69-60-25-15-14-24-57(60)65-63(68)69/h3-41H,1-2H3. The smallest absolute Gasteiger partial charge is 0.220 e. The number of rotatable bonds is 7. The van der Waals surface area contributed by atoms with E-state index in [-0.39, 0.29) is 5.41 Å². The van der Waals surface area contributed by atoms with Crippen molar-refractivity contribution in [2.24, 2.45) is 0 Å². The fourth-order valence-electron chi connectivity index (χ4n) is 11.3. The van der Waals surface area contributed by atoms with Crippen LogP contribution in [0.1, 0.15) is 25.0 Å². The van der Waals surface area contributed by atoms with Gasteiger partial charge in [0.15, 0.2) is 0 Å². The summed E-state index contributed by atoms with van der Waals surface area (Å²) in [5.41, 5.74) is 22.0. The Morgan fingerprint density at radius 1 is 0.362 bits per heavy atom. The molecular weight excluding hydrogens is 839 g/mol. The maximum Gasteiger partial charge on any atom is 0.220 e. The van der Waals surface area contributed by atoms with Crippen LogP contribution < -0.4 is 4.90 Å². The van der Waals surface area contributed by atoms with Gasteiger partial charge in [-0.1, -0.05) is 153 Å². The van der Waals surface area contributed by atoms with Crippen LogP contribution in [0.5, 0.6) is 0 Å². The highest BCUT2D eigenvalue weighted by Gasteiger charge is 2.36. The second-order valence-corrected chi connectivity index (χ2v) is 18.9. The second-order valence-electron chi connectivity index (χ2n) is 18.9. The lowest BCUT2D eigenvalue weighted by Gasteiger charge is -2.28. The fraction of sp³-hybridized carbons (Fsp3) is 0.0469. The molecule has 326 valence electrons. The SMILES string of the molecule is CC1(C)c2ccccc2-c2ccc(N(c3ccc(-c4ccccc4)cc3)c3ccc4c(c3)c3cc(-n5c6ccc(-c7ccccc7)cc6n6c7ccccc7nc56)ccc3n4-c3ccccc3)cc21. The molecule has 5 nitrogen and oxygen atoms in total. The highest BCUT2D eigenvalue weighted by atomic mass is 15.2. The van der Waals surface area contributed by atoms with Crippen molar-refractivity contribution < 1.29 is 0 Å². The van der Waals surface area contributed by atoms with Crippen molar-refractivity contribution >= 4 is 66.7 Å². The topological polar surface area (TPSA) is 30.4 Å². The van der Waals surface area contributed by atoms with E-state index < -0.39 is 0 Å². The summed E-state index contributed by atoms with van der Waals surface area (Å²) in [6.07, 6.45) is 0. The molecule has 0 unspecified atom stereocenters. The molecule has 0 saturated heterocycles. The highest BCUT2D eigenvalue weighted by molar-refractivity contribution is 6.12. The molecule has 0 radical (unpaired) electrons. The minimum Gasteiger partial charge on any atom is -0.310 e. The van der Waals surface area contributed by atoms with Gasteiger partial charge < -0.3 is 9.47 Å². The number of anilines is 3. The number of hydrogen-bond donors (Lipinski definition) is 0. The second kappa shape index (κ2) is 15.0. The van der Waals surface area contributed by atoms with Crippen molar-refractivity contribution in [3.63, 3.8) is 0 Å². The number of nitrogens with zero attached hydrogens (tertiary/aromatic N) is 5. The number of benzene rings is 10. The van der Waals surface area contributed by atoms with Gasteiger partial charge in [-0.25, -0.2) is 4.98 Å². The minimum atomic E-state index is -0.147. The van der Waals surface area contributed by atoms with E-state index in [4.69, 9.17) is 4.98 Å². The van der Waals surface area contributed by atoms with Crippen LogP contribution in [0.3, 0.4) is 0 Å². The third kappa shape index (κ3) is 6.00. The van der Waals surface area contributed by atoms with Crippen molar-refractivity contribution in [2.75, 3.05) is 4.90 Å². The van der Waals surface area contributed by atoms with Gasteiger partial charge in [0.2, 0.25) is 5.78 Å². The van der Waals surface area contributed by atoms with Crippen molar-refractivity contribution in [1.82, 2.24) is 18.5 Å². The Balaban J connectivity index is 0.999. The maximum atomic E-state index is 5.32. The molecule has 1 aliphatic carbocycles. The molecule has 14 rings (SSSR count). The first-order chi connectivity index (χ1) is 34.0. The predicted molar refractivity (Wildman–Crippen MR) is 287 cm³/mol. The zero-order valence-electron chi connectivity index (χ0n) is 38.3. The molecule has 0 saturated carbocycles. The summed E-state index contributed by atoms with van der Waals surface area (Å²) in [4.78, 5) is 7.76. The van der Waals surface area contributed by atoms with Crippen LogP contribution >= 0.6 is 0 Å². The molecular formula is C64H45N5. The van der Waals surface area contributed by atoms with Gasteiger partial charge in [0.25, 0.3) is 0 Å².